The molecular formula is C6H7N2O3. The molecule has 5 nitrogen and oxygen atoms in total. The molecule has 0 saturated heterocycles. The Balaban J connectivity index is 3.02. The minimum atomic E-state index is -0.610. The zero-order chi connectivity index (χ0) is 8.27. The van der Waals surface area contributed by atoms with Crippen molar-refractivity contribution >= 4 is 0 Å². The second-order valence-corrected chi connectivity index (χ2v) is 1.74. The van der Waals surface area contributed by atoms with Crippen LogP contribution in [0.4, 0.5) is 0 Å². The fourth-order valence-electron chi connectivity index (χ4n) is 0.593. The summed E-state index contributed by atoms with van der Waals surface area (Å²) in [5, 5.41) is 10.6. The van der Waals surface area contributed by atoms with Crippen molar-refractivity contribution in [2.45, 2.75) is 0 Å². The topological polar surface area (TPSA) is 64.1 Å². The molecule has 0 aromatic carbocycles. The normalized spacial score (nSPS) is 9.27. The lowest BCUT2D eigenvalue weighted by Gasteiger charge is -2.00. The molecular weight excluding hydrogens is 148 g/mol. The van der Waals surface area contributed by atoms with Gasteiger partial charge in [-0.25, -0.2) is 5.11 Å². The first-order valence-electron chi connectivity index (χ1n) is 2.90. The second kappa shape index (κ2) is 3.05. The van der Waals surface area contributed by atoms with Crippen molar-refractivity contribution < 1.29 is 14.6 Å². The summed E-state index contributed by atoms with van der Waals surface area (Å²) < 4.78 is 9.41. The molecule has 0 aliphatic rings. The van der Waals surface area contributed by atoms with Gasteiger partial charge in [-0.1, -0.05) is 0 Å². The molecule has 0 atom stereocenters. The molecule has 1 rings (SSSR count). The predicted octanol–water partition coefficient (Wildman–Crippen LogP) is 0.638. The molecule has 1 heterocycles. The van der Waals surface area contributed by atoms with Gasteiger partial charge in [0.15, 0.2) is 0 Å². The van der Waals surface area contributed by atoms with E-state index in [0.717, 1.165) is 0 Å². The Labute approximate surface area is 63.6 Å². The summed E-state index contributed by atoms with van der Waals surface area (Å²) in [4.78, 5) is 6.86. The van der Waals surface area contributed by atoms with E-state index in [1.54, 1.807) is 0 Å². The molecule has 0 aliphatic carbocycles. The zero-order valence-electron chi connectivity index (χ0n) is 6.20. The zero-order valence-corrected chi connectivity index (χ0v) is 6.20. The monoisotopic (exact) mass is 155 g/mol. The third-order valence-electron chi connectivity index (χ3n) is 1.08. The van der Waals surface area contributed by atoms with Gasteiger partial charge in [-0.2, -0.15) is 9.97 Å². The Morgan fingerprint density at radius 1 is 1.18 bits per heavy atom. The largest absolute Gasteiger partial charge is 0.481 e. The first kappa shape index (κ1) is 7.59. The fourth-order valence-corrected chi connectivity index (χ4v) is 0.593. The van der Waals surface area contributed by atoms with Crippen LogP contribution in [0.25, 0.3) is 0 Å². The van der Waals surface area contributed by atoms with E-state index in [0.29, 0.717) is 0 Å². The van der Waals surface area contributed by atoms with Crippen molar-refractivity contribution in [3.63, 3.8) is 0 Å². The van der Waals surface area contributed by atoms with Gasteiger partial charge in [-0.15, -0.1) is 0 Å². The van der Waals surface area contributed by atoms with Crippen molar-refractivity contribution in [3.8, 4) is 17.8 Å². The second-order valence-electron chi connectivity index (χ2n) is 1.74. The summed E-state index contributed by atoms with van der Waals surface area (Å²) in [7, 11) is 2.84. The van der Waals surface area contributed by atoms with Crippen LogP contribution in [0.5, 0.6) is 17.8 Å². The van der Waals surface area contributed by atoms with Gasteiger partial charge in [0.05, 0.1) is 20.3 Å². The molecule has 11 heavy (non-hydrogen) atoms. The van der Waals surface area contributed by atoms with E-state index >= 15 is 0 Å². The molecule has 0 aliphatic heterocycles. The van der Waals surface area contributed by atoms with Gasteiger partial charge in [0, 0.05) is 0 Å². The molecule has 59 valence electrons. The SMILES string of the molecule is COc1cc(OC)nc([O])n1. The quantitative estimate of drug-likeness (QED) is 0.628. The molecule has 1 aromatic rings. The Hall–Kier alpha value is -1.52. The Morgan fingerprint density at radius 2 is 1.64 bits per heavy atom. The van der Waals surface area contributed by atoms with Crippen molar-refractivity contribution in [3.05, 3.63) is 6.07 Å². The molecule has 1 aromatic heterocycles. The maximum atomic E-state index is 10.6. The van der Waals surface area contributed by atoms with Crippen LogP contribution in [0.2, 0.25) is 0 Å². The summed E-state index contributed by atoms with van der Waals surface area (Å²) in [6.45, 7) is 0. The van der Waals surface area contributed by atoms with E-state index in [2.05, 4.69) is 9.97 Å². The number of methoxy groups -OCH3 is 2. The van der Waals surface area contributed by atoms with Crippen LogP contribution >= 0.6 is 0 Å². The van der Waals surface area contributed by atoms with E-state index in [-0.39, 0.29) is 11.8 Å². The summed E-state index contributed by atoms with van der Waals surface area (Å²) in [6, 6.07) is 0.822. The van der Waals surface area contributed by atoms with Crippen LogP contribution in [0, 0.1) is 0 Å². The van der Waals surface area contributed by atoms with E-state index in [1.807, 2.05) is 0 Å². The van der Waals surface area contributed by atoms with Crippen molar-refractivity contribution in [2.24, 2.45) is 0 Å². The fraction of sp³-hybridized carbons (Fsp3) is 0.333. The highest BCUT2D eigenvalue weighted by atomic mass is 16.5. The number of aromatic nitrogens is 2. The van der Waals surface area contributed by atoms with Crippen LogP contribution in [0.3, 0.4) is 0 Å². The van der Waals surface area contributed by atoms with E-state index < -0.39 is 6.01 Å². The van der Waals surface area contributed by atoms with E-state index in [1.165, 1.54) is 20.3 Å². The van der Waals surface area contributed by atoms with Crippen molar-refractivity contribution in [1.29, 1.82) is 0 Å². The summed E-state index contributed by atoms with van der Waals surface area (Å²) >= 11 is 0. The molecule has 0 bridgehead atoms. The minimum absolute atomic E-state index is 0.210. The first-order valence-corrected chi connectivity index (χ1v) is 2.90. The highest BCUT2D eigenvalue weighted by Gasteiger charge is 2.03. The number of ether oxygens (including phenoxy) is 2. The van der Waals surface area contributed by atoms with Gasteiger partial charge < -0.3 is 9.47 Å². The van der Waals surface area contributed by atoms with Gasteiger partial charge in [0.2, 0.25) is 11.8 Å². The number of nitrogens with zero attached hydrogens (tertiary/aromatic N) is 2. The molecule has 0 fully saturated rings. The summed E-state index contributed by atoms with van der Waals surface area (Å²) in [5.74, 6) is 0.420. The Bertz CT molecular complexity index is 229. The first-order chi connectivity index (χ1) is 5.26. The lowest BCUT2D eigenvalue weighted by atomic mass is 10.6. The Morgan fingerprint density at radius 3 is 2.00 bits per heavy atom. The highest BCUT2D eigenvalue weighted by Crippen LogP contribution is 2.17. The average molecular weight is 155 g/mol. The van der Waals surface area contributed by atoms with Crippen LogP contribution < -0.4 is 9.47 Å². The lowest BCUT2D eigenvalue weighted by molar-refractivity contribution is 0.292. The van der Waals surface area contributed by atoms with Crippen molar-refractivity contribution in [1.82, 2.24) is 9.97 Å². The molecule has 0 spiro atoms. The van der Waals surface area contributed by atoms with Gasteiger partial charge in [-0.3, -0.25) is 0 Å². The van der Waals surface area contributed by atoms with Gasteiger partial charge >= 0.3 is 6.01 Å². The van der Waals surface area contributed by atoms with E-state index in [9.17, 15) is 5.11 Å². The predicted molar refractivity (Wildman–Crippen MR) is 35.3 cm³/mol. The highest BCUT2D eigenvalue weighted by molar-refractivity contribution is 5.21. The standard InChI is InChI=1S/C6H7N2O3/c1-10-4-3-5(11-2)8-6(9)7-4/h3H,1-2H3. The van der Waals surface area contributed by atoms with Crippen LogP contribution in [0.1, 0.15) is 0 Å². The van der Waals surface area contributed by atoms with Crippen molar-refractivity contribution in [2.75, 3.05) is 14.2 Å². The number of rotatable bonds is 2. The summed E-state index contributed by atoms with van der Waals surface area (Å²) in [6.07, 6.45) is 0. The Kier molecular flexibility index (Phi) is 2.10. The number of hydrogen-bond acceptors (Lipinski definition) is 4. The lowest BCUT2D eigenvalue weighted by Crippen LogP contribution is -1.92. The van der Waals surface area contributed by atoms with E-state index in [4.69, 9.17) is 9.47 Å². The molecule has 0 saturated carbocycles. The van der Waals surface area contributed by atoms with Gasteiger partial charge in [0.1, 0.15) is 0 Å². The molecule has 0 N–H and O–H groups in total. The molecule has 5 heteroatoms. The van der Waals surface area contributed by atoms with Crippen LogP contribution in [-0.4, -0.2) is 24.2 Å². The van der Waals surface area contributed by atoms with Crippen LogP contribution in [0.15, 0.2) is 6.07 Å². The van der Waals surface area contributed by atoms with Crippen LogP contribution in [-0.2, 0) is 5.11 Å². The van der Waals surface area contributed by atoms with Gasteiger partial charge in [-0.05, 0) is 0 Å². The third-order valence-corrected chi connectivity index (χ3v) is 1.08. The summed E-state index contributed by atoms with van der Waals surface area (Å²) in [5.41, 5.74) is 0. The maximum Gasteiger partial charge on any atom is 0.373 e. The smallest absolute Gasteiger partial charge is 0.373 e. The maximum absolute atomic E-state index is 10.6. The number of hydrogen-bond donors (Lipinski definition) is 0. The third kappa shape index (κ3) is 1.70. The van der Waals surface area contributed by atoms with Gasteiger partial charge in [0.25, 0.3) is 0 Å². The molecule has 0 unspecified atom stereocenters. The minimum Gasteiger partial charge on any atom is -0.481 e. The average Bonchev–Trinajstić information content (AvgIpc) is 2.03. The molecule has 0 amide bonds. The molecule has 1 radical (unpaired) electrons.